The molecule has 2 aromatic rings. The van der Waals surface area contributed by atoms with Gasteiger partial charge in [0.2, 0.25) is 5.91 Å². The highest BCUT2D eigenvalue weighted by Gasteiger charge is 2.11. The Morgan fingerprint density at radius 3 is 3.00 bits per heavy atom. The molecular formula is C15H20N2O2. The summed E-state index contributed by atoms with van der Waals surface area (Å²) in [5.41, 5.74) is 2.09. The van der Waals surface area contributed by atoms with Crippen LogP contribution in [0, 0.1) is 0 Å². The molecular weight excluding hydrogens is 240 g/mol. The van der Waals surface area contributed by atoms with Crippen LogP contribution in [-0.4, -0.2) is 30.1 Å². The zero-order valence-electron chi connectivity index (χ0n) is 11.4. The quantitative estimate of drug-likeness (QED) is 0.837. The first kappa shape index (κ1) is 13.6. The average Bonchev–Trinajstić information content (AvgIpc) is 2.80. The first-order valence-corrected chi connectivity index (χ1v) is 6.62. The minimum absolute atomic E-state index is 0.0250. The molecule has 1 aromatic heterocycles. The van der Waals surface area contributed by atoms with Gasteiger partial charge in [0.25, 0.3) is 0 Å². The van der Waals surface area contributed by atoms with E-state index in [1.807, 2.05) is 44.3 Å². The van der Waals surface area contributed by atoms with E-state index in [-0.39, 0.29) is 11.9 Å². The van der Waals surface area contributed by atoms with E-state index in [4.69, 9.17) is 4.74 Å². The summed E-state index contributed by atoms with van der Waals surface area (Å²) in [5, 5.41) is 4.05. The van der Waals surface area contributed by atoms with Crippen molar-refractivity contribution in [3.63, 3.8) is 0 Å². The Balaban J connectivity index is 1.95. The second kappa shape index (κ2) is 6.38. The number of benzene rings is 1. The number of nitrogens with one attached hydrogen (secondary N) is 2. The van der Waals surface area contributed by atoms with Gasteiger partial charge in [-0.25, -0.2) is 0 Å². The Kier molecular flexibility index (Phi) is 4.58. The van der Waals surface area contributed by atoms with Gasteiger partial charge in [-0.15, -0.1) is 0 Å². The number of ether oxygens (including phenoxy) is 1. The normalized spacial score (nSPS) is 12.5. The molecule has 0 saturated carbocycles. The lowest BCUT2D eigenvalue weighted by Gasteiger charge is -2.13. The maximum absolute atomic E-state index is 11.9. The Morgan fingerprint density at radius 2 is 2.21 bits per heavy atom. The number of carbonyl (C=O) groups is 1. The number of hydrogen-bond acceptors (Lipinski definition) is 2. The van der Waals surface area contributed by atoms with Crippen LogP contribution in [0.4, 0.5) is 0 Å². The monoisotopic (exact) mass is 260 g/mol. The van der Waals surface area contributed by atoms with Gasteiger partial charge in [0.15, 0.2) is 0 Å². The number of amides is 1. The third kappa shape index (κ3) is 3.58. The molecule has 2 rings (SSSR count). The average molecular weight is 260 g/mol. The van der Waals surface area contributed by atoms with Crippen molar-refractivity contribution in [1.82, 2.24) is 10.3 Å². The molecule has 1 amide bonds. The van der Waals surface area contributed by atoms with Crippen molar-refractivity contribution >= 4 is 16.8 Å². The summed E-state index contributed by atoms with van der Waals surface area (Å²) in [6.45, 7) is 5.11. The standard InChI is InChI=1S/C15H20N2O2/c1-3-19-10-11(2)17-15(18)8-12-9-16-14-7-5-4-6-13(12)14/h4-7,9,11,16H,3,8,10H2,1-2H3,(H,17,18). The van der Waals surface area contributed by atoms with Crippen LogP contribution in [-0.2, 0) is 16.0 Å². The molecule has 0 saturated heterocycles. The number of aromatic amines is 1. The molecule has 1 heterocycles. The minimum Gasteiger partial charge on any atom is -0.380 e. The van der Waals surface area contributed by atoms with E-state index in [1.54, 1.807) is 0 Å². The van der Waals surface area contributed by atoms with E-state index in [0.717, 1.165) is 16.5 Å². The van der Waals surface area contributed by atoms with E-state index >= 15 is 0 Å². The fourth-order valence-corrected chi connectivity index (χ4v) is 2.11. The summed E-state index contributed by atoms with van der Waals surface area (Å²) in [4.78, 5) is 15.1. The van der Waals surface area contributed by atoms with Crippen molar-refractivity contribution in [2.45, 2.75) is 26.3 Å². The summed E-state index contributed by atoms with van der Waals surface area (Å²) >= 11 is 0. The maximum atomic E-state index is 11.9. The molecule has 1 unspecified atom stereocenters. The van der Waals surface area contributed by atoms with Crippen LogP contribution < -0.4 is 5.32 Å². The van der Waals surface area contributed by atoms with Gasteiger partial charge in [0, 0.05) is 29.7 Å². The Labute approximate surface area is 113 Å². The van der Waals surface area contributed by atoms with Crippen molar-refractivity contribution in [1.29, 1.82) is 0 Å². The molecule has 102 valence electrons. The van der Waals surface area contributed by atoms with E-state index in [1.165, 1.54) is 0 Å². The molecule has 4 heteroatoms. The summed E-state index contributed by atoms with van der Waals surface area (Å²) < 4.78 is 5.28. The molecule has 1 aromatic carbocycles. The second-order valence-electron chi connectivity index (χ2n) is 4.66. The molecule has 2 N–H and O–H groups in total. The van der Waals surface area contributed by atoms with E-state index < -0.39 is 0 Å². The third-order valence-electron chi connectivity index (χ3n) is 3.01. The number of H-pyrrole nitrogens is 1. The molecule has 19 heavy (non-hydrogen) atoms. The molecule has 0 radical (unpaired) electrons. The van der Waals surface area contributed by atoms with Crippen LogP contribution in [0.1, 0.15) is 19.4 Å². The summed E-state index contributed by atoms with van der Waals surface area (Å²) in [7, 11) is 0. The lowest BCUT2D eigenvalue weighted by Crippen LogP contribution is -2.36. The van der Waals surface area contributed by atoms with Gasteiger partial charge in [-0.2, -0.15) is 0 Å². The van der Waals surface area contributed by atoms with Gasteiger partial charge >= 0.3 is 0 Å². The third-order valence-corrected chi connectivity index (χ3v) is 3.01. The molecule has 4 nitrogen and oxygen atoms in total. The fourth-order valence-electron chi connectivity index (χ4n) is 2.11. The van der Waals surface area contributed by atoms with Crippen molar-refractivity contribution in [2.75, 3.05) is 13.2 Å². The van der Waals surface area contributed by atoms with Gasteiger partial charge in [-0.3, -0.25) is 4.79 Å². The Morgan fingerprint density at radius 1 is 1.42 bits per heavy atom. The predicted molar refractivity (Wildman–Crippen MR) is 76.1 cm³/mol. The number of carbonyl (C=O) groups excluding carboxylic acids is 1. The number of aromatic nitrogens is 1. The molecule has 1 atom stereocenters. The lowest BCUT2D eigenvalue weighted by molar-refractivity contribution is -0.121. The molecule has 0 aliphatic carbocycles. The molecule has 0 fully saturated rings. The van der Waals surface area contributed by atoms with Crippen molar-refractivity contribution in [3.8, 4) is 0 Å². The van der Waals surface area contributed by atoms with Crippen LogP contribution in [0.2, 0.25) is 0 Å². The molecule has 0 bridgehead atoms. The van der Waals surface area contributed by atoms with Crippen molar-refractivity contribution < 1.29 is 9.53 Å². The number of para-hydroxylation sites is 1. The molecule has 0 aliphatic rings. The van der Waals surface area contributed by atoms with E-state index in [2.05, 4.69) is 10.3 Å². The Hall–Kier alpha value is -1.81. The van der Waals surface area contributed by atoms with Crippen LogP contribution in [0.3, 0.4) is 0 Å². The highest BCUT2D eigenvalue weighted by molar-refractivity contribution is 5.88. The zero-order chi connectivity index (χ0) is 13.7. The molecule has 0 spiro atoms. The minimum atomic E-state index is 0.0250. The summed E-state index contributed by atoms with van der Waals surface area (Å²) in [5.74, 6) is 0.0250. The van der Waals surface area contributed by atoms with Crippen LogP contribution in [0.5, 0.6) is 0 Å². The SMILES string of the molecule is CCOCC(C)NC(=O)Cc1c[nH]c2ccccc12. The van der Waals surface area contributed by atoms with E-state index in [0.29, 0.717) is 19.6 Å². The number of fused-ring (bicyclic) bond motifs is 1. The first-order valence-electron chi connectivity index (χ1n) is 6.62. The van der Waals surface area contributed by atoms with Crippen molar-refractivity contribution in [3.05, 3.63) is 36.0 Å². The van der Waals surface area contributed by atoms with Gasteiger partial charge < -0.3 is 15.0 Å². The number of hydrogen-bond donors (Lipinski definition) is 2. The topological polar surface area (TPSA) is 54.1 Å². The summed E-state index contributed by atoms with van der Waals surface area (Å²) in [6.07, 6.45) is 2.29. The van der Waals surface area contributed by atoms with E-state index in [9.17, 15) is 4.79 Å². The lowest BCUT2D eigenvalue weighted by atomic mass is 10.1. The highest BCUT2D eigenvalue weighted by Crippen LogP contribution is 2.17. The largest absolute Gasteiger partial charge is 0.380 e. The van der Waals surface area contributed by atoms with Gasteiger partial charge in [0.1, 0.15) is 0 Å². The Bertz CT molecular complexity index is 548. The van der Waals surface area contributed by atoms with Crippen LogP contribution in [0.25, 0.3) is 10.9 Å². The predicted octanol–water partition coefficient (Wildman–Crippen LogP) is 2.25. The van der Waals surface area contributed by atoms with Crippen LogP contribution in [0.15, 0.2) is 30.5 Å². The smallest absolute Gasteiger partial charge is 0.224 e. The zero-order valence-corrected chi connectivity index (χ0v) is 11.4. The summed E-state index contributed by atoms with van der Waals surface area (Å²) in [6, 6.07) is 8.03. The fraction of sp³-hybridized carbons (Fsp3) is 0.400. The first-order chi connectivity index (χ1) is 9.20. The number of rotatable bonds is 6. The van der Waals surface area contributed by atoms with Gasteiger partial charge in [-0.05, 0) is 25.5 Å². The second-order valence-corrected chi connectivity index (χ2v) is 4.66. The maximum Gasteiger partial charge on any atom is 0.224 e. The van der Waals surface area contributed by atoms with Crippen molar-refractivity contribution in [2.24, 2.45) is 0 Å². The highest BCUT2D eigenvalue weighted by atomic mass is 16.5. The van der Waals surface area contributed by atoms with Gasteiger partial charge in [-0.1, -0.05) is 18.2 Å². The molecule has 0 aliphatic heterocycles. The van der Waals surface area contributed by atoms with Crippen LogP contribution >= 0.6 is 0 Å². The van der Waals surface area contributed by atoms with Gasteiger partial charge in [0.05, 0.1) is 13.0 Å².